The molecule has 0 aromatic heterocycles. The van der Waals surface area contributed by atoms with Crippen LogP contribution in [0.15, 0.2) is 18.2 Å². The van der Waals surface area contributed by atoms with Gasteiger partial charge in [-0.2, -0.15) is 0 Å². The van der Waals surface area contributed by atoms with Crippen molar-refractivity contribution in [3.05, 3.63) is 23.8 Å². The van der Waals surface area contributed by atoms with Crippen molar-refractivity contribution < 1.29 is 19.8 Å². The first-order chi connectivity index (χ1) is 6.79. The molecule has 0 radical (unpaired) electrons. The molecule has 4 heteroatoms. The first-order valence-corrected chi connectivity index (χ1v) is 4.80. The van der Waals surface area contributed by atoms with E-state index in [1.165, 1.54) is 12.1 Å². The molecule has 1 aromatic carbocycles. The average Bonchev–Trinajstić information content (AvgIpc) is 2.06. The van der Waals surface area contributed by atoms with Gasteiger partial charge in [0.2, 0.25) is 0 Å². The van der Waals surface area contributed by atoms with Gasteiger partial charge in [-0.15, -0.1) is 0 Å². The van der Waals surface area contributed by atoms with Crippen LogP contribution in [0.2, 0.25) is 0 Å². The predicted octanol–water partition coefficient (Wildman–Crippen LogP) is 0.837. The summed E-state index contributed by atoms with van der Waals surface area (Å²) < 4.78 is 0.628. The molecule has 0 aliphatic heterocycles. The number of hydrogen-bond donors (Lipinski definition) is 3. The summed E-state index contributed by atoms with van der Waals surface area (Å²) in [7, 11) is 5.93. The highest BCUT2D eigenvalue weighted by molar-refractivity contribution is 5.41. The van der Waals surface area contributed by atoms with Crippen molar-refractivity contribution in [3.63, 3.8) is 0 Å². The van der Waals surface area contributed by atoms with Crippen LogP contribution in [0.4, 0.5) is 0 Å². The van der Waals surface area contributed by atoms with Crippen molar-refractivity contribution in [1.82, 2.24) is 0 Å². The third kappa shape index (κ3) is 3.42. The second-order valence-electron chi connectivity index (χ2n) is 4.74. The molecule has 4 nitrogen and oxygen atoms in total. The van der Waals surface area contributed by atoms with Crippen LogP contribution in [0.25, 0.3) is 0 Å². The Bertz CT molecular complexity index is 344. The second-order valence-corrected chi connectivity index (χ2v) is 4.74. The molecule has 0 unspecified atom stereocenters. The van der Waals surface area contributed by atoms with Gasteiger partial charge in [-0.1, -0.05) is 6.07 Å². The van der Waals surface area contributed by atoms with Crippen LogP contribution >= 0.6 is 0 Å². The molecular weight excluding hydrogens is 194 g/mol. The maximum atomic E-state index is 9.86. The highest BCUT2D eigenvalue weighted by Crippen LogP contribution is 2.28. The van der Waals surface area contributed by atoms with E-state index in [1.54, 1.807) is 6.07 Å². The van der Waals surface area contributed by atoms with Crippen molar-refractivity contribution in [1.29, 1.82) is 0 Å². The minimum atomic E-state index is -0.642. The van der Waals surface area contributed by atoms with Crippen LogP contribution < -0.4 is 0 Å². The Hall–Kier alpha value is -1.26. The summed E-state index contributed by atoms with van der Waals surface area (Å²) in [6, 6.07) is 4.37. The van der Waals surface area contributed by atoms with Crippen LogP contribution in [-0.4, -0.2) is 47.5 Å². The van der Waals surface area contributed by atoms with E-state index in [0.717, 1.165) is 0 Å². The van der Waals surface area contributed by atoms with Crippen LogP contribution in [0.1, 0.15) is 11.7 Å². The molecule has 84 valence electrons. The molecule has 0 heterocycles. The zero-order chi connectivity index (χ0) is 11.6. The molecule has 0 aliphatic carbocycles. The molecule has 1 aromatic rings. The van der Waals surface area contributed by atoms with Gasteiger partial charge in [0.25, 0.3) is 0 Å². The number of benzene rings is 1. The first kappa shape index (κ1) is 11.8. The largest absolute Gasteiger partial charge is 0.504 e. The number of aliphatic hydroxyl groups excluding tert-OH is 1. The summed E-state index contributed by atoms with van der Waals surface area (Å²) in [6.45, 7) is 0.546. The average molecular weight is 212 g/mol. The number of likely N-dealkylation sites (N-methyl/N-ethyl adjacent to an activating group) is 1. The summed E-state index contributed by atoms with van der Waals surface area (Å²) in [6.07, 6.45) is -0.642. The fourth-order valence-electron chi connectivity index (χ4n) is 1.37. The van der Waals surface area contributed by atoms with Crippen LogP contribution in [0.5, 0.6) is 11.5 Å². The van der Waals surface area contributed by atoms with Crippen LogP contribution in [-0.2, 0) is 0 Å². The molecular formula is C11H18NO3+. The Labute approximate surface area is 89.6 Å². The fourth-order valence-corrected chi connectivity index (χ4v) is 1.37. The van der Waals surface area contributed by atoms with Crippen LogP contribution in [0.3, 0.4) is 0 Å². The summed E-state index contributed by atoms with van der Waals surface area (Å²) >= 11 is 0. The van der Waals surface area contributed by atoms with Crippen LogP contribution in [0, 0.1) is 0 Å². The van der Waals surface area contributed by atoms with Gasteiger partial charge in [0.1, 0.15) is 12.6 Å². The molecule has 0 fully saturated rings. The third-order valence-electron chi connectivity index (χ3n) is 2.10. The lowest BCUT2D eigenvalue weighted by Gasteiger charge is -2.26. The number of phenolic OH excluding ortho intramolecular Hbond substituents is 2. The van der Waals surface area contributed by atoms with Crippen molar-refractivity contribution in [2.24, 2.45) is 0 Å². The second kappa shape index (κ2) is 4.08. The number of phenols is 2. The Balaban J connectivity index is 2.83. The van der Waals surface area contributed by atoms with Crippen molar-refractivity contribution in [2.45, 2.75) is 6.10 Å². The number of hydrogen-bond acceptors (Lipinski definition) is 3. The van der Waals surface area contributed by atoms with E-state index in [2.05, 4.69) is 0 Å². The number of quaternary nitrogens is 1. The molecule has 1 rings (SSSR count). The third-order valence-corrected chi connectivity index (χ3v) is 2.10. The van der Waals surface area contributed by atoms with Gasteiger partial charge in [0.15, 0.2) is 11.5 Å². The van der Waals surface area contributed by atoms with E-state index in [-0.39, 0.29) is 11.5 Å². The van der Waals surface area contributed by atoms with Gasteiger partial charge in [-0.3, -0.25) is 0 Å². The summed E-state index contributed by atoms with van der Waals surface area (Å²) in [5.41, 5.74) is 0.610. The van der Waals surface area contributed by atoms with Crippen molar-refractivity contribution >= 4 is 0 Å². The Kier molecular flexibility index (Phi) is 3.21. The molecule has 0 saturated carbocycles. The topological polar surface area (TPSA) is 60.7 Å². The maximum absolute atomic E-state index is 9.86. The molecule has 3 N–H and O–H groups in total. The van der Waals surface area contributed by atoms with Gasteiger partial charge in [-0.05, 0) is 17.7 Å². The number of aliphatic hydroxyl groups is 1. The Morgan fingerprint density at radius 2 is 1.73 bits per heavy atom. The lowest BCUT2D eigenvalue weighted by molar-refractivity contribution is -0.874. The van der Waals surface area contributed by atoms with E-state index in [9.17, 15) is 10.2 Å². The summed E-state index contributed by atoms with van der Waals surface area (Å²) in [5, 5.41) is 28.3. The predicted molar refractivity (Wildman–Crippen MR) is 57.6 cm³/mol. The normalized spacial score (nSPS) is 13.9. The van der Waals surface area contributed by atoms with Crippen molar-refractivity contribution in [3.8, 4) is 11.5 Å². The summed E-state index contributed by atoms with van der Waals surface area (Å²) in [4.78, 5) is 0. The van der Waals surface area contributed by atoms with Gasteiger partial charge in [-0.25, -0.2) is 0 Å². The van der Waals surface area contributed by atoms with E-state index in [1.807, 2.05) is 21.1 Å². The quantitative estimate of drug-likeness (QED) is 0.514. The maximum Gasteiger partial charge on any atom is 0.157 e. The molecule has 0 spiro atoms. The van der Waals surface area contributed by atoms with Gasteiger partial charge in [0, 0.05) is 0 Å². The standard InChI is InChI=1S/C11H17NO3/c1-12(2,3)7-11(15)8-4-5-9(13)10(14)6-8/h4-6,11,15H,7H2,1-3H3,(H-,13,14)/p+1/t11-/m0/s1. The monoisotopic (exact) mass is 212 g/mol. The smallest absolute Gasteiger partial charge is 0.157 e. The minimum absolute atomic E-state index is 0.170. The lowest BCUT2D eigenvalue weighted by Crippen LogP contribution is -2.38. The van der Waals surface area contributed by atoms with Gasteiger partial charge < -0.3 is 19.8 Å². The molecule has 0 bridgehead atoms. The molecule has 1 atom stereocenters. The highest BCUT2D eigenvalue weighted by Gasteiger charge is 2.18. The zero-order valence-electron chi connectivity index (χ0n) is 9.31. The summed E-state index contributed by atoms with van der Waals surface area (Å²) in [5.74, 6) is -0.371. The van der Waals surface area contributed by atoms with E-state index >= 15 is 0 Å². The minimum Gasteiger partial charge on any atom is -0.504 e. The first-order valence-electron chi connectivity index (χ1n) is 4.80. The molecule has 0 aliphatic rings. The number of aromatic hydroxyl groups is 2. The fraction of sp³-hybridized carbons (Fsp3) is 0.455. The zero-order valence-corrected chi connectivity index (χ0v) is 9.31. The highest BCUT2D eigenvalue weighted by atomic mass is 16.3. The molecule has 0 amide bonds. The van der Waals surface area contributed by atoms with E-state index < -0.39 is 6.10 Å². The number of nitrogens with zero attached hydrogens (tertiary/aromatic N) is 1. The van der Waals surface area contributed by atoms with Gasteiger partial charge in [0.05, 0.1) is 21.1 Å². The number of rotatable bonds is 3. The Morgan fingerprint density at radius 1 is 1.13 bits per heavy atom. The van der Waals surface area contributed by atoms with E-state index in [4.69, 9.17) is 5.11 Å². The van der Waals surface area contributed by atoms with E-state index in [0.29, 0.717) is 16.6 Å². The molecule has 0 saturated heterocycles. The Morgan fingerprint density at radius 3 is 2.20 bits per heavy atom. The lowest BCUT2D eigenvalue weighted by atomic mass is 10.1. The SMILES string of the molecule is C[N+](C)(C)C[C@H](O)c1ccc(O)c(O)c1. The molecule has 15 heavy (non-hydrogen) atoms. The van der Waals surface area contributed by atoms with Gasteiger partial charge >= 0.3 is 0 Å². The van der Waals surface area contributed by atoms with Crippen molar-refractivity contribution in [2.75, 3.05) is 27.7 Å².